The zero-order valence-electron chi connectivity index (χ0n) is 11.2. The van der Waals surface area contributed by atoms with Gasteiger partial charge in [-0.2, -0.15) is 5.26 Å². The van der Waals surface area contributed by atoms with Crippen LogP contribution in [0.25, 0.3) is 0 Å². The van der Waals surface area contributed by atoms with Crippen LogP contribution in [0.4, 0.5) is 0 Å². The lowest BCUT2D eigenvalue weighted by Crippen LogP contribution is -2.45. The van der Waals surface area contributed by atoms with E-state index in [1.807, 2.05) is 6.07 Å². The smallest absolute Gasteiger partial charge is 0.328 e. The molecule has 1 fully saturated rings. The van der Waals surface area contributed by atoms with Crippen molar-refractivity contribution in [3.63, 3.8) is 0 Å². The summed E-state index contributed by atoms with van der Waals surface area (Å²) in [5.41, 5.74) is 0. The van der Waals surface area contributed by atoms with Gasteiger partial charge in [-0.3, -0.25) is 4.79 Å². The van der Waals surface area contributed by atoms with Gasteiger partial charge >= 0.3 is 5.97 Å². The Morgan fingerprint density at radius 1 is 1.53 bits per heavy atom. The summed E-state index contributed by atoms with van der Waals surface area (Å²) >= 11 is 0. The third-order valence-electron chi connectivity index (χ3n) is 3.06. The number of unbranched alkanes of at least 4 members (excludes halogenated alkanes) is 2. The summed E-state index contributed by atoms with van der Waals surface area (Å²) < 4.78 is 9.94. The molecule has 0 spiro atoms. The highest BCUT2D eigenvalue weighted by Gasteiger charge is 2.28. The molecule has 0 aromatic rings. The van der Waals surface area contributed by atoms with Crippen molar-refractivity contribution in [3.05, 3.63) is 0 Å². The molecule has 0 unspecified atom stereocenters. The summed E-state index contributed by atoms with van der Waals surface area (Å²) in [7, 11) is 1.29. The maximum atomic E-state index is 11.9. The maximum absolute atomic E-state index is 11.9. The standard InChI is InChI=1S/C13H20N2O4/c1-18-13(17)10(6-3-2-4-8-14)15-12(16)11-7-5-9-19-11/h10-11H,2-7,9H2,1H3,(H,15,16)/t10-,11-/m1/s1. The predicted octanol–water partition coefficient (Wildman–Crippen LogP) is 0.907. The fourth-order valence-electron chi connectivity index (χ4n) is 1.99. The van der Waals surface area contributed by atoms with Crippen molar-refractivity contribution in [1.29, 1.82) is 5.26 Å². The third kappa shape index (κ3) is 5.26. The number of ether oxygens (including phenoxy) is 2. The zero-order valence-corrected chi connectivity index (χ0v) is 11.2. The van der Waals surface area contributed by atoms with Gasteiger partial charge in [-0.05, 0) is 32.1 Å². The summed E-state index contributed by atoms with van der Waals surface area (Å²) in [6, 6.07) is 1.39. The van der Waals surface area contributed by atoms with E-state index in [1.54, 1.807) is 0 Å². The van der Waals surface area contributed by atoms with Crippen LogP contribution < -0.4 is 5.32 Å². The second kappa shape index (κ2) is 8.48. The molecule has 1 aliphatic heterocycles. The molecular weight excluding hydrogens is 248 g/mol. The van der Waals surface area contributed by atoms with Crippen LogP contribution in [-0.4, -0.2) is 37.7 Å². The van der Waals surface area contributed by atoms with Gasteiger partial charge in [-0.1, -0.05) is 0 Å². The van der Waals surface area contributed by atoms with Crippen molar-refractivity contribution >= 4 is 11.9 Å². The first kappa shape index (κ1) is 15.4. The molecule has 0 bridgehead atoms. The number of carbonyl (C=O) groups is 2. The molecule has 1 rings (SSSR count). The molecule has 1 amide bonds. The number of hydrogen-bond acceptors (Lipinski definition) is 5. The van der Waals surface area contributed by atoms with E-state index in [4.69, 9.17) is 10.00 Å². The molecule has 0 aromatic carbocycles. The van der Waals surface area contributed by atoms with Gasteiger partial charge < -0.3 is 14.8 Å². The minimum Gasteiger partial charge on any atom is -0.467 e. The van der Waals surface area contributed by atoms with Crippen molar-refractivity contribution in [3.8, 4) is 6.07 Å². The van der Waals surface area contributed by atoms with Crippen molar-refractivity contribution in [2.45, 2.75) is 50.7 Å². The fourth-order valence-corrected chi connectivity index (χ4v) is 1.99. The fraction of sp³-hybridized carbons (Fsp3) is 0.769. The molecule has 6 nitrogen and oxygen atoms in total. The molecule has 0 saturated carbocycles. The number of nitriles is 1. The van der Waals surface area contributed by atoms with Crippen LogP contribution in [0, 0.1) is 11.3 Å². The number of nitrogens with one attached hydrogen (secondary N) is 1. The lowest BCUT2D eigenvalue weighted by Gasteiger charge is -2.18. The molecule has 2 atom stereocenters. The quantitative estimate of drug-likeness (QED) is 0.547. The van der Waals surface area contributed by atoms with Gasteiger partial charge in [0.2, 0.25) is 5.91 Å². The lowest BCUT2D eigenvalue weighted by atomic mass is 10.1. The van der Waals surface area contributed by atoms with Crippen LogP contribution in [0.15, 0.2) is 0 Å². The average Bonchev–Trinajstić information content (AvgIpc) is 2.95. The Morgan fingerprint density at radius 3 is 2.89 bits per heavy atom. The summed E-state index contributed by atoms with van der Waals surface area (Å²) in [6.45, 7) is 0.586. The molecule has 19 heavy (non-hydrogen) atoms. The van der Waals surface area contributed by atoms with Crippen molar-refractivity contribution in [1.82, 2.24) is 5.32 Å². The number of nitrogens with zero attached hydrogens (tertiary/aromatic N) is 1. The molecule has 1 N–H and O–H groups in total. The maximum Gasteiger partial charge on any atom is 0.328 e. The van der Waals surface area contributed by atoms with E-state index in [2.05, 4.69) is 10.1 Å². The van der Waals surface area contributed by atoms with Gasteiger partial charge in [0.15, 0.2) is 0 Å². The Morgan fingerprint density at radius 2 is 2.32 bits per heavy atom. The zero-order chi connectivity index (χ0) is 14.1. The highest BCUT2D eigenvalue weighted by atomic mass is 16.5. The lowest BCUT2D eigenvalue weighted by molar-refractivity contribution is -0.146. The van der Waals surface area contributed by atoms with Crippen LogP contribution >= 0.6 is 0 Å². The van der Waals surface area contributed by atoms with Gasteiger partial charge in [0.05, 0.1) is 13.2 Å². The summed E-state index contributed by atoms with van der Waals surface area (Å²) in [4.78, 5) is 23.5. The highest BCUT2D eigenvalue weighted by Crippen LogP contribution is 2.13. The van der Waals surface area contributed by atoms with Gasteiger partial charge in [-0.25, -0.2) is 4.79 Å². The SMILES string of the molecule is COC(=O)[C@@H](CCCCC#N)NC(=O)[C@H]1CCCO1. The highest BCUT2D eigenvalue weighted by molar-refractivity contribution is 5.87. The predicted molar refractivity (Wildman–Crippen MR) is 67.0 cm³/mol. The molecule has 0 radical (unpaired) electrons. The van der Waals surface area contributed by atoms with E-state index in [1.165, 1.54) is 7.11 Å². The minimum absolute atomic E-state index is 0.256. The number of rotatable bonds is 7. The van der Waals surface area contributed by atoms with E-state index >= 15 is 0 Å². The second-order valence-corrected chi connectivity index (χ2v) is 4.49. The average molecular weight is 268 g/mol. The number of carbonyl (C=O) groups excluding carboxylic acids is 2. The van der Waals surface area contributed by atoms with E-state index in [0.717, 1.165) is 6.42 Å². The summed E-state index contributed by atoms with van der Waals surface area (Å²) in [6.07, 6.45) is 3.43. The molecule has 0 aliphatic carbocycles. The van der Waals surface area contributed by atoms with Crippen LogP contribution in [-0.2, 0) is 19.1 Å². The van der Waals surface area contributed by atoms with Crippen LogP contribution in [0.5, 0.6) is 0 Å². The van der Waals surface area contributed by atoms with Crippen LogP contribution in [0.3, 0.4) is 0 Å². The second-order valence-electron chi connectivity index (χ2n) is 4.49. The monoisotopic (exact) mass is 268 g/mol. The Bertz CT molecular complexity index is 345. The molecule has 1 saturated heterocycles. The number of methoxy groups -OCH3 is 1. The molecule has 0 aromatic heterocycles. The Hall–Kier alpha value is -1.61. The van der Waals surface area contributed by atoms with Gasteiger partial charge in [0.1, 0.15) is 12.1 Å². The molecular formula is C13H20N2O4. The molecule has 106 valence electrons. The molecule has 6 heteroatoms. The minimum atomic E-state index is -0.652. The van der Waals surface area contributed by atoms with E-state index in [-0.39, 0.29) is 5.91 Å². The topological polar surface area (TPSA) is 88.4 Å². The van der Waals surface area contributed by atoms with E-state index in [0.29, 0.717) is 38.7 Å². The number of amides is 1. The normalized spacial score (nSPS) is 19.5. The Labute approximate surface area is 113 Å². The number of esters is 1. The largest absolute Gasteiger partial charge is 0.467 e. The third-order valence-corrected chi connectivity index (χ3v) is 3.06. The van der Waals surface area contributed by atoms with Gasteiger partial charge in [0, 0.05) is 13.0 Å². The van der Waals surface area contributed by atoms with E-state index < -0.39 is 18.1 Å². The van der Waals surface area contributed by atoms with Gasteiger partial charge in [0.25, 0.3) is 0 Å². The summed E-state index contributed by atoms with van der Waals surface area (Å²) in [5.74, 6) is -0.712. The first-order valence-corrected chi connectivity index (χ1v) is 6.55. The van der Waals surface area contributed by atoms with Crippen LogP contribution in [0.1, 0.15) is 38.5 Å². The molecule has 1 aliphatic rings. The van der Waals surface area contributed by atoms with E-state index in [9.17, 15) is 9.59 Å². The number of hydrogen-bond donors (Lipinski definition) is 1. The molecule has 1 heterocycles. The first-order valence-electron chi connectivity index (χ1n) is 6.55. The van der Waals surface area contributed by atoms with Crippen molar-refractivity contribution in [2.24, 2.45) is 0 Å². The Kier molecular flexibility index (Phi) is 6.90. The summed E-state index contributed by atoms with van der Waals surface area (Å²) in [5, 5.41) is 11.1. The van der Waals surface area contributed by atoms with Crippen molar-refractivity contribution in [2.75, 3.05) is 13.7 Å². The Balaban J connectivity index is 2.42. The first-order chi connectivity index (χ1) is 9.19. The van der Waals surface area contributed by atoms with Crippen molar-refractivity contribution < 1.29 is 19.1 Å². The van der Waals surface area contributed by atoms with Gasteiger partial charge in [-0.15, -0.1) is 0 Å². The van der Waals surface area contributed by atoms with Crippen LogP contribution in [0.2, 0.25) is 0 Å².